The molecule has 0 aliphatic rings. The molecule has 0 fully saturated rings. The van der Waals surface area contributed by atoms with E-state index in [4.69, 9.17) is 0 Å². The first-order valence-electron chi connectivity index (χ1n) is 8.58. The van der Waals surface area contributed by atoms with Crippen molar-refractivity contribution in [2.24, 2.45) is 17.3 Å². The summed E-state index contributed by atoms with van der Waals surface area (Å²) in [5.41, 5.74) is -0.296. The molecule has 0 aliphatic carbocycles. The quantitative estimate of drug-likeness (QED) is 0.599. The lowest BCUT2D eigenvalue weighted by Gasteiger charge is -2.37. The summed E-state index contributed by atoms with van der Waals surface area (Å²) in [6, 6.07) is 0. The smallest absolute Gasteiger partial charge is 0.240 e. The van der Waals surface area contributed by atoms with E-state index in [0.717, 1.165) is 32.4 Å². The molecule has 0 aromatic heterocycles. The molecule has 0 spiro atoms. The largest absolute Gasteiger partial charge is 0.355 e. The fraction of sp³-hybridized carbons (Fsp3) is 0.944. The van der Waals surface area contributed by atoms with E-state index in [0.29, 0.717) is 11.8 Å². The highest BCUT2D eigenvalue weighted by Gasteiger charge is 2.35. The molecular formula is C18H38N2O. The summed E-state index contributed by atoms with van der Waals surface area (Å²) in [5, 5.41) is 6.66. The molecule has 21 heavy (non-hydrogen) atoms. The van der Waals surface area contributed by atoms with Crippen LogP contribution in [0.1, 0.15) is 74.7 Å². The summed E-state index contributed by atoms with van der Waals surface area (Å²) in [4.78, 5) is 12.6. The Balaban J connectivity index is 4.79. The Hall–Kier alpha value is -0.570. The van der Waals surface area contributed by atoms with Crippen molar-refractivity contribution >= 4 is 5.91 Å². The molecule has 0 aromatic rings. The molecule has 2 N–H and O–H groups in total. The van der Waals surface area contributed by atoms with Gasteiger partial charge in [-0.05, 0) is 37.0 Å². The highest BCUT2D eigenvalue weighted by atomic mass is 16.2. The van der Waals surface area contributed by atoms with Crippen LogP contribution in [0.5, 0.6) is 0 Å². The van der Waals surface area contributed by atoms with Gasteiger partial charge in [0, 0.05) is 13.1 Å². The second-order valence-electron chi connectivity index (χ2n) is 8.04. The van der Waals surface area contributed by atoms with Gasteiger partial charge in [-0.15, -0.1) is 0 Å². The molecule has 0 bridgehead atoms. The molecule has 126 valence electrons. The number of hydrogen-bond acceptors (Lipinski definition) is 2. The summed E-state index contributed by atoms with van der Waals surface area (Å²) < 4.78 is 0. The molecule has 3 nitrogen and oxygen atoms in total. The Labute approximate surface area is 132 Å². The number of carbonyl (C=O) groups excluding carboxylic acids is 1. The van der Waals surface area contributed by atoms with Gasteiger partial charge in [-0.2, -0.15) is 0 Å². The van der Waals surface area contributed by atoms with E-state index in [1.807, 2.05) is 6.92 Å². The van der Waals surface area contributed by atoms with Crippen LogP contribution in [0.15, 0.2) is 0 Å². The van der Waals surface area contributed by atoms with Gasteiger partial charge in [0.05, 0.1) is 5.54 Å². The molecule has 0 saturated carbocycles. The highest BCUT2D eigenvalue weighted by Crippen LogP contribution is 2.27. The van der Waals surface area contributed by atoms with Crippen molar-refractivity contribution in [3.63, 3.8) is 0 Å². The van der Waals surface area contributed by atoms with Gasteiger partial charge in [0.1, 0.15) is 0 Å². The number of nitrogens with one attached hydrogen (secondary N) is 2. The Morgan fingerprint density at radius 1 is 1.10 bits per heavy atom. The lowest BCUT2D eigenvalue weighted by atomic mass is 9.79. The van der Waals surface area contributed by atoms with Gasteiger partial charge in [-0.3, -0.25) is 4.79 Å². The monoisotopic (exact) mass is 298 g/mol. The zero-order chi connectivity index (χ0) is 16.7. The standard InChI is InChI=1S/C18H38N2O/c1-9-10-11-19-16(21)18(8,12-14(2)3)20-13-17(6,7)15(4)5/h14-15,20H,9-13H2,1-8H3,(H,19,21). The van der Waals surface area contributed by atoms with Crippen LogP contribution in [0.4, 0.5) is 0 Å². The van der Waals surface area contributed by atoms with Crippen molar-refractivity contribution < 1.29 is 4.79 Å². The number of rotatable bonds is 10. The van der Waals surface area contributed by atoms with Gasteiger partial charge in [-0.25, -0.2) is 0 Å². The first kappa shape index (κ1) is 20.4. The Kier molecular flexibility index (Phi) is 8.53. The van der Waals surface area contributed by atoms with Gasteiger partial charge in [-0.1, -0.05) is 54.9 Å². The SMILES string of the molecule is CCCCNC(=O)C(C)(CC(C)C)NCC(C)(C)C(C)C. The third-order valence-corrected chi connectivity index (χ3v) is 4.63. The minimum atomic E-state index is -0.478. The first-order valence-corrected chi connectivity index (χ1v) is 8.58. The molecule has 0 heterocycles. The molecule has 0 rings (SSSR count). The van der Waals surface area contributed by atoms with Crippen molar-refractivity contribution in [3.05, 3.63) is 0 Å². The highest BCUT2D eigenvalue weighted by molar-refractivity contribution is 5.85. The minimum absolute atomic E-state index is 0.143. The third kappa shape index (κ3) is 7.30. The topological polar surface area (TPSA) is 41.1 Å². The van der Waals surface area contributed by atoms with Gasteiger partial charge >= 0.3 is 0 Å². The fourth-order valence-corrected chi connectivity index (χ4v) is 2.26. The second-order valence-corrected chi connectivity index (χ2v) is 8.04. The first-order chi connectivity index (χ1) is 9.55. The van der Waals surface area contributed by atoms with Crippen molar-refractivity contribution in [2.75, 3.05) is 13.1 Å². The van der Waals surface area contributed by atoms with E-state index in [9.17, 15) is 4.79 Å². The second kappa shape index (κ2) is 8.77. The Bertz CT molecular complexity index is 310. The van der Waals surface area contributed by atoms with Crippen LogP contribution in [-0.2, 0) is 4.79 Å². The van der Waals surface area contributed by atoms with Gasteiger partial charge < -0.3 is 10.6 Å². The van der Waals surface area contributed by atoms with E-state index in [1.165, 1.54) is 0 Å². The maximum absolute atomic E-state index is 12.6. The predicted octanol–water partition coefficient (Wildman–Crippen LogP) is 3.98. The Morgan fingerprint density at radius 2 is 1.67 bits per heavy atom. The average Bonchev–Trinajstić information content (AvgIpc) is 2.35. The van der Waals surface area contributed by atoms with E-state index in [-0.39, 0.29) is 11.3 Å². The van der Waals surface area contributed by atoms with E-state index < -0.39 is 5.54 Å². The number of unbranched alkanes of at least 4 members (excludes halogenated alkanes) is 1. The third-order valence-electron chi connectivity index (χ3n) is 4.63. The fourth-order valence-electron chi connectivity index (χ4n) is 2.26. The van der Waals surface area contributed by atoms with Crippen molar-refractivity contribution in [3.8, 4) is 0 Å². The zero-order valence-corrected chi connectivity index (χ0v) is 15.6. The average molecular weight is 299 g/mol. The maximum Gasteiger partial charge on any atom is 0.240 e. The van der Waals surface area contributed by atoms with Crippen LogP contribution in [0, 0.1) is 17.3 Å². The normalized spacial score (nSPS) is 15.3. The molecular weight excluding hydrogens is 260 g/mol. The minimum Gasteiger partial charge on any atom is -0.355 e. The summed E-state index contributed by atoms with van der Waals surface area (Å²) in [7, 11) is 0. The van der Waals surface area contributed by atoms with Crippen LogP contribution < -0.4 is 10.6 Å². The van der Waals surface area contributed by atoms with Crippen LogP contribution in [0.25, 0.3) is 0 Å². The lowest BCUT2D eigenvalue weighted by Crippen LogP contribution is -2.58. The summed E-state index contributed by atoms with van der Waals surface area (Å²) in [6.45, 7) is 19.2. The van der Waals surface area contributed by atoms with E-state index >= 15 is 0 Å². The van der Waals surface area contributed by atoms with Crippen LogP contribution >= 0.6 is 0 Å². The molecule has 1 amide bonds. The number of amides is 1. The molecule has 0 aliphatic heterocycles. The maximum atomic E-state index is 12.6. The van der Waals surface area contributed by atoms with Crippen LogP contribution in [0.2, 0.25) is 0 Å². The lowest BCUT2D eigenvalue weighted by molar-refractivity contribution is -0.128. The summed E-state index contributed by atoms with van der Waals surface area (Å²) in [5.74, 6) is 1.21. The summed E-state index contributed by atoms with van der Waals surface area (Å²) >= 11 is 0. The van der Waals surface area contributed by atoms with E-state index in [1.54, 1.807) is 0 Å². The van der Waals surface area contributed by atoms with Gasteiger partial charge in [0.15, 0.2) is 0 Å². The van der Waals surface area contributed by atoms with Gasteiger partial charge in [0.2, 0.25) is 5.91 Å². The van der Waals surface area contributed by atoms with Gasteiger partial charge in [0.25, 0.3) is 0 Å². The number of hydrogen-bond donors (Lipinski definition) is 2. The summed E-state index contributed by atoms with van der Waals surface area (Å²) in [6.07, 6.45) is 3.01. The van der Waals surface area contributed by atoms with Crippen molar-refractivity contribution in [2.45, 2.75) is 80.2 Å². The molecule has 0 radical (unpaired) electrons. The zero-order valence-electron chi connectivity index (χ0n) is 15.6. The van der Waals surface area contributed by atoms with Crippen LogP contribution in [0.3, 0.4) is 0 Å². The molecule has 0 saturated heterocycles. The molecule has 1 atom stereocenters. The number of carbonyl (C=O) groups is 1. The van der Waals surface area contributed by atoms with Crippen molar-refractivity contribution in [1.82, 2.24) is 10.6 Å². The predicted molar refractivity (Wildman–Crippen MR) is 92.4 cm³/mol. The van der Waals surface area contributed by atoms with E-state index in [2.05, 4.69) is 59.1 Å². The van der Waals surface area contributed by atoms with Crippen molar-refractivity contribution in [1.29, 1.82) is 0 Å². The molecule has 3 heteroatoms. The molecule has 1 unspecified atom stereocenters. The Morgan fingerprint density at radius 3 is 2.10 bits per heavy atom. The molecule has 0 aromatic carbocycles. The van der Waals surface area contributed by atoms with Crippen LogP contribution in [-0.4, -0.2) is 24.5 Å².